The molecule has 2 nitrogen and oxygen atoms in total. The summed E-state index contributed by atoms with van der Waals surface area (Å²) in [5, 5.41) is 9.25. The lowest BCUT2D eigenvalue weighted by Crippen LogP contribution is -1.86. The van der Waals surface area contributed by atoms with Crippen LogP contribution in [0, 0.1) is 0 Å². The zero-order valence-electron chi connectivity index (χ0n) is 8.49. The van der Waals surface area contributed by atoms with Crippen molar-refractivity contribution in [1.29, 1.82) is 0 Å². The molecule has 0 atom stereocenters. The number of hydrogen-bond donors (Lipinski definition) is 1. The molecule has 14 heavy (non-hydrogen) atoms. The van der Waals surface area contributed by atoms with E-state index in [9.17, 15) is 5.11 Å². The predicted octanol–water partition coefficient (Wildman–Crippen LogP) is 2.93. The Balaban J connectivity index is 0.000000791. The maximum Gasteiger partial charge on any atom is 0.160 e. The summed E-state index contributed by atoms with van der Waals surface area (Å²) in [6.45, 7) is 9.63. The highest BCUT2D eigenvalue weighted by Gasteiger charge is 2.00. The first-order chi connectivity index (χ1) is 6.77. The van der Waals surface area contributed by atoms with E-state index in [2.05, 4.69) is 19.7 Å². The third-order valence-electron chi connectivity index (χ3n) is 1.62. The summed E-state index contributed by atoms with van der Waals surface area (Å²) in [5.41, 5.74) is 1.08. The van der Waals surface area contributed by atoms with E-state index in [1.165, 1.54) is 7.11 Å². The van der Waals surface area contributed by atoms with Crippen LogP contribution < -0.4 is 4.74 Å². The third-order valence-corrected chi connectivity index (χ3v) is 1.62. The number of hydrogen-bond acceptors (Lipinski definition) is 2. The molecule has 0 radical (unpaired) electrons. The minimum absolute atomic E-state index is 0.172. The number of phenolic OH excluding ortho intramolecular Hbond substituents is 1. The largest absolute Gasteiger partial charge is 0.504 e. The Hall–Kier alpha value is -1.70. The molecular weight excluding hydrogens is 176 g/mol. The molecule has 0 bridgehead atoms. The van der Waals surface area contributed by atoms with E-state index in [0.29, 0.717) is 5.75 Å². The highest BCUT2D eigenvalue weighted by atomic mass is 16.5. The molecular formula is C12H16O2. The van der Waals surface area contributed by atoms with Gasteiger partial charge in [0.05, 0.1) is 7.11 Å². The summed E-state index contributed by atoms with van der Waals surface area (Å²) in [5.74, 6) is 0.680. The molecule has 1 aromatic carbocycles. The lowest BCUT2D eigenvalue weighted by atomic mass is 10.1. The first-order valence-corrected chi connectivity index (χ1v) is 4.24. The van der Waals surface area contributed by atoms with Gasteiger partial charge in [-0.1, -0.05) is 12.1 Å². The first-order valence-electron chi connectivity index (χ1n) is 4.24. The Labute approximate surface area is 85.2 Å². The Bertz CT molecular complexity index is 292. The smallest absolute Gasteiger partial charge is 0.160 e. The average Bonchev–Trinajstić information content (AvgIpc) is 2.24. The minimum Gasteiger partial charge on any atom is -0.504 e. The summed E-state index contributed by atoms with van der Waals surface area (Å²) in [6, 6.07) is 5.27. The number of aromatic hydroxyl groups is 1. The Morgan fingerprint density at radius 1 is 1.43 bits per heavy atom. The van der Waals surface area contributed by atoms with Crippen LogP contribution in [0.1, 0.15) is 5.56 Å². The monoisotopic (exact) mass is 192 g/mol. The van der Waals surface area contributed by atoms with Gasteiger partial charge in [-0.15, -0.1) is 19.7 Å². The van der Waals surface area contributed by atoms with E-state index in [4.69, 9.17) is 4.74 Å². The Morgan fingerprint density at radius 2 is 2.07 bits per heavy atom. The maximum atomic E-state index is 9.25. The number of rotatable bonds is 3. The number of benzene rings is 1. The lowest BCUT2D eigenvalue weighted by molar-refractivity contribution is 0.373. The van der Waals surface area contributed by atoms with Crippen LogP contribution in [0.4, 0.5) is 0 Å². The van der Waals surface area contributed by atoms with Gasteiger partial charge in [0.25, 0.3) is 0 Å². The third kappa shape index (κ3) is 3.35. The second-order valence-electron chi connectivity index (χ2n) is 2.50. The van der Waals surface area contributed by atoms with Crippen LogP contribution in [-0.4, -0.2) is 12.2 Å². The molecule has 2 heteroatoms. The molecule has 1 N–H and O–H groups in total. The van der Waals surface area contributed by atoms with Gasteiger partial charge in [-0.2, -0.15) is 0 Å². The predicted molar refractivity (Wildman–Crippen MR) is 59.8 cm³/mol. The van der Waals surface area contributed by atoms with Gasteiger partial charge < -0.3 is 9.84 Å². The topological polar surface area (TPSA) is 29.5 Å². The van der Waals surface area contributed by atoms with Crippen molar-refractivity contribution in [2.45, 2.75) is 6.42 Å². The molecule has 1 aromatic rings. The van der Waals surface area contributed by atoms with Crippen molar-refractivity contribution in [2.75, 3.05) is 7.11 Å². The van der Waals surface area contributed by atoms with E-state index in [0.717, 1.165) is 12.0 Å². The quantitative estimate of drug-likeness (QED) is 0.746. The highest BCUT2D eigenvalue weighted by molar-refractivity contribution is 5.42. The van der Waals surface area contributed by atoms with Crippen molar-refractivity contribution < 1.29 is 9.84 Å². The molecule has 0 aliphatic rings. The fraction of sp³-hybridized carbons (Fsp3) is 0.167. The molecule has 0 aromatic heterocycles. The van der Waals surface area contributed by atoms with Crippen LogP contribution in [0.25, 0.3) is 0 Å². The second-order valence-corrected chi connectivity index (χ2v) is 2.50. The van der Waals surface area contributed by atoms with Crippen molar-refractivity contribution in [3.05, 3.63) is 49.6 Å². The molecule has 0 aliphatic carbocycles. The highest BCUT2D eigenvalue weighted by Crippen LogP contribution is 2.26. The van der Waals surface area contributed by atoms with Gasteiger partial charge in [0, 0.05) is 0 Å². The fourth-order valence-corrected chi connectivity index (χ4v) is 1.02. The van der Waals surface area contributed by atoms with Gasteiger partial charge >= 0.3 is 0 Å². The number of allylic oxidation sites excluding steroid dienone is 1. The van der Waals surface area contributed by atoms with E-state index in [1.54, 1.807) is 12.1 Å². The minimum atomic E-state index is 0.172. The van der Waals surface area contributed by atoms with E-state index in [-0.39, 0.29) is 5.75 Å². The van der Waals surface area contributed by atoms with Crippen molar-refractivity contribution in [3.8, 4) is 11.5 Å². The van der Waals surface area contributed by atoms with Crippen LogP contribution >= 0.6 is 0 Å². The van der Waals surface area contributed by atoms with Gasteiger partial charge in [-0.05, 0) is 24.1 Å². The molecule has 0 heterocycles. The molecule has 0 amide bonds. The first kappa shape index (κ1) is 12.3. The van der Waals surface area contributed by atoms with Gasteiger partial charge in [0.2, 0.25) is 0 Å². The van der Waals surface area contributed by atoms with Gasteiger partial charge in [-0.3, -0.25) is 0 Å². The zero-order chi connectivity index (χ0) is 11.0. The van der Waals surface area contributed by atoms with E-state index < -0.39 is 0 Å². The SMILES string of the molecule is C=C.C=CCc1ccc(O)c(OC)c1. The van der Waals surface area contributed by atoms with Gasteiger partial charge in [0.15, 0.2) is 11.5 Å². The molecule has 0 spiro atoms. The Kier molecular flexibility index (Phi) is 5.95. The second kappa shape index (κ2) is 6.78. The summed E-state index contributed by atoms with van der Waals surface area (Å²) >= 11 is 0. The van der Waals surface area contributed by atoms with E-state index >= 15 is 0 Å². The van der Waals surface area contributed by atoms with Crippen molar-refractivity contribution >= 4 is 0 Å². The molecule has 76 valence electrons. The molecule has 0 unspecified atom stereocenters. The van der Waals surface area contributed by atoms with Crippen molar-refractivity contribution in [2.24, 2.45) is 0 Å². The lowest BCUT2D eigenvalue weighted by Gasteiger charge is -2.04. The molecule has 0 saturated heterocycles. The van der Waals surface area contributed by atoms with Crippen LogP contribution in [0.5, 0.6) is 11.5 Å². The molecule has 1 rings (SSSR count). The van der Waals surface area contributed by atoms with Crippen LogP contribution in [0.2, 0.25) is 0 Å². The Morgan fingerprint density at radius 3 is 2.57 bits per heavy atom. The fourth-order valence-electron chi connectivity index (χ4n) is 1.02. The number of ether oxygens (including phenoxy) is 1. The molecule has 0 fully saturated rings. The summed E-state index contributed by atoms with van der Waals surface area (Å²) in [6.07, 6.45) is 2.60. The van der Waals surface area contributed by atoms with Crippen LogP contribution in [-0.2, 0) is 6.42 Å². The molecule has 0 aliphatic heterocycles. The van der Waals surface area contributed by atoms with Crippen LogP contribution in [0.3, 0.4) is 0 Å². The van der Waals surface area contributed by atoms with Gasteiger partial charge in [0.1, 0.15) is 0 Å². The van der Waals surface area contributed by atoms with Crippen LogP contribution in [0.15, 0.2) is 44.0 Å². The van der Waals surface area contributed by atoms with E-state index in [1.807, 2.05) is 12.1 Å². The summed E-state index contributed by atoms with van der Waals surface area (Å²) in [7, 11) is 1.53. The number of methoxy groups -OCH3 is 1. The number of phenols is 1. The normalized spacial score (nSPS) is 8.36. The van der Waals surface area contributed by atoms with Gasteiger partial charge in [-0.25, -0.2) is 0 Å². The summed E-state index contributed by atoms with van der Waals surface area (Å²) < 4.78 is 4.95. The maximum absolute atomic E-state index is 9.25. The summed E-state index contributed by atoms with van der Waals surface area (Å²) in [4.78, 5) is 0. The van der Waals surface area contributed by atoms with Crippen molar-refractivity contribution in [3.63, 3.8) is 0 Å². The van der Waals surface area contributed by atoms with Crippen molar-refractivity contribution in [1.82, 2.24) is 0 Å². The standard InChI is InChI=1S/C10H12O2.C2H4/c1-3-4-8-5-6-9(11)10(7-8)12-2;1-2/h3,5-7,11H,1,4H2,2H3;1-2H2. The zero-order valence-corrected chi connectivity index (χ0v) is 8.49. The molecule has 0 saturated carbocycles. The average molecular weight is 192 g/mol.